The van der Waals surface area contributed by atoms with Crippen LogP contribution in [0.4, 0.5) is 0 Å². The number of benzene rings is 1. The first kappa shape index (κ1) is 16.0. The minimum absolute atomic E-state index is 0.000233. The second kappa shape index (κ2) is 6.29. The molecule has 0 aliphatic carbocycles. The van der Waals surface area contributed by atoms with Gasteiger partial charge in [-0.3, -0.25) is 9.59 Å². The topological polar surface area (TPSA) is 53.1 Å². The number of rotatable bonds is 3. The monoisotopic (exact) mass is 317 g/mol. The lowest BCUT2D eigenvalue weighted by Gasteiger charge is -2.33. The average molecular weight is 317 g/mol. The zero-order chi connectivity index (χ0) is 16.6. The zero-order valence-electron chi connectivity index (χ0n) is 13.9. The van der Waals surface area contributed by atoms with E-state index in [1.807, 2.05) is 38.4 Å². The Morgan fingerprint density at radius 2 is 1.96 bits per heavy atom. The van der Waals surface area contributed by atoms with Crippen LogP contribution in [-0.4, -0.2) is 79.5 Å². The highest BCUT2D eigenvalue weighted by Gasteiger charge is 2.43. The smallest absolute Gasteiger partial charge is 0.254 e. The lowest BCUT2D eigenvalue weighted by molar-refractivity contribution is -0.150. The van der Waals surface area contributed by atoms with Crippen LogP contribution in [0.3, 0.4) is 0 Å². The summed E-state index contributed by atoms with van der Waals surface area (Å²) >= 11 is 0. The fourth-order valence-corrected chi connectivity index (χ4v) is 3.22. The van der Waals surface area contributed by atoms with E-state index in [1.54, 1.807) is 16.8 Å². The van der Waals surface area contributed by atoms with Crippen molar-refractivity contribution in [3.8, 4) is 0 Å². The Bertz CT molecular complexity index is 600. The first-order valence-electron chi connectivity index (χ1n) is 7.86. The van der Waals surface area contributed by atoms with Gasteiger partial charge in [-0.05, 0) is 31.8 Å². The Morgan fingerprint density at radius 1 is 1.26 bits per heavy atom. The van der Waals surface area contributed by atoms with E-state index in [9.17, 15) is 9.59 Å². The van der Waals surface area contributed by atoms with E-state index in [0.29, 0.717) is 18.7 Å². The fourth-order valence-electron chi connectivity index (χ4n) is 3.22. The van der Waals surface area contributed by atoms with Crippen LogP contribution >= 0.6 is 0 Å². The molecule has 0 radical (unpaired) electrons. The number of nitrogens with zero attached hydrogens (tertiary/aromatic N) is 3. The molecule has 2 atom stereocenters. The SMILES string of the molecule is CN(C)Cc1ccc(C(=O)N2C[C@@H]3OCC(=O)N(C)[C@H]3C2)cc1. The lowest BCUT2D eigenvalue weighted by atomic mass is 10.1. The van der Waals surface area contributed by atoms with Crippen LogP contribution in [0.5, 0.6) is 0 Å². The third kappa shape index (κ3) is 3.23. The molecule has 0 N–H and O–H groups in total. The minimum atomic E-state index is -0.0744. The van der Waals surface area contributed by atoms with Gasteiger partial charge >= 0.3 is 0 Å². The van der Waals surface area contributed by atoms with E-state index >= 15 is 0 Å². The van der Waals surface area contributed by atoms with Gasteiger partial charge < -0.3 is 19.4 Å². The van der Waals surface area contributed by atoms with Crippen LogP contribution < -0.4 is 0 Å². The summed E-state index contributed by atoms with van der Waals surface area (Å²) in [5.41, 5.74) is 1.86. The number of ether oxygens (including phenoxy) is 1. The largest absolute Gasteiger partial charge is 0.364 e. The van der Waals surface area contributed by atoms with Gasteiger partial charge in [0, 0.05) is 32.2 Å². The summed E-state index contributed by atoms with van der Waals surface area (Å²) < 4.78 is 5.57. The van der Waals surface area contributed by atoms with Crippen LogP contribution in [0.2, 0.25) is 0 Å². The van der Waals surface area contributed by atoms with Gasteiger partial charge in [-0.25, -0.2) is 0 Å². The molecule has 1 aromatic rings. The molecule has 23 heavy (non-hydrogen) atoms. The number of carbonyl (C=O) groups is 2. The molecule has 6 nitrogen and oxygen atoms in total. The van der Waals surface area contributed by atoms with Crippen molar-refractivity contribution in [3.05, 3.63) is 35.4 Å². The van der Waals surface area contributed by atoms with Crippen LogP contribution in [0, 0.1) is 0 Å². The summed E-state index contributed by atoms with van der Waals surface area (Å²) in [6, 6.07) is 7.69. The maximum atomic E-state index is 12.7. The molecule has 2 amide bonds. The molecular weight excluding hydrogens is 294 g/mol. The summed E-state index contributed by atoms with van der Waals surface area (Å²) in [7, 11) is 5.82. The summed E-state index contributed by atoms with van der Waals surface area (Å²) in [5, 5.41) is 0. The van der Waals surface area contributed by atoms with E-state index < -0.39 is 0 Å². The van der Waals surface area contributed by atoms with Crippen molar-refractivity contribution in [2.24, 2.45) is 0 Å². The lowest BCUT2D eigenvalue weighted by Crippen LogP contribution is -2.51. The molecule has 1 aromatic carbocycles. The highest BCUT2D eigenvalue weighted by atomic mass is 16.5. The van der Waals surface area contributed by atoms with Crippen LogP contribution in [0.15, 0.2) is 24.3 Å². The highest BCUT2D eigenvalue weighted by Crippen LogP contribution is 2.23. The van der Waals surface area contributed by atoms with Crippen molar-refractivity contribution >= 4 is 11.8 Å². The van der Waals surface area contributed by atoms with Crippen molar-refractivity contribution in [2.75, 3.05) is 40.8 Å². The van der Waals surface area contributed by atoms with Crippen molar-refractivity contribution in [3.63, 3.8) is 0 Å². The number of morpholine rings is 1. The Labute approximate surface area is 136 Å². The standard InChI is InChI=1S/C17H23N3O3/c1-18(2)8-12-4-6-13(7-5-12)17(22)20-9-14-15(10-20)23-11-16(21)19(14)3/h4-7,14-15H,8-11H2,1-3H3/t14-,15-/m0/s1. The maximum Gasteiger partial charge on any atom is 0.254 e. The van der Waals surface area contributed by atoms with E-state index in [2.05, 4.69) is 4.90 Å². The molecule has 2 saturated heterocycles. The van der Waals surface area contributed by atoms with Gasteiger partial charge in [-0.15, -0.1) is 0 Å². The molecule has 2 aliphatic heterocycles. The number of fused-ring (bicyclic) bond motifs is 1. The minimum Gasteiger partial charge on any atom is -0.364 e. The van der Waals surface area contributed by atoms with Gasteiger partial charge in [0.15, 0.2) is 0 Å². The van der Waals surface area contributed by atoms with Gasteiger partial charge in [0.1, 0.15) is 6.61 Å². The third-order valence-corrected chi connectivity index (χ3v) is 4.54. The second-order valence-electron chi connectivity index (χ2n) is 6.57. The van der Waals surface area contributed by atoms with Crippen molar-refractivity contribution in [1.29, 1.82) is 0 Å². The van der Waals surface area contributed by atoms with Crippen LogP contribution in [-0.2, 0) is 16.1 Å². The second-order valence-corrected chi connectivity index (χ2v) is 6.57. The summed E-state index contributed by atoms with van der Waals surface area (Å²) in [4.78, 5) is 30.0. The molecule has 0 saturated carbocycles. The summed E-state index contributed by atoms with van der Waals surface area (Å²) in [6.07, 6.45) is -0.0744. The van der Waals surface area contributed by atoms with Gasteiger partial charge in [0.25, 0.3) is 5.91 Å². The molecule has 124 valence electrons. The number of carbonyl (C=O) groups excluding carboxylic acids is 2. The van der Waals surface area contributed by atoms with Crippen molar-refractivity contribution in [2.45, 2.75) is 18.7 Å². The Kier molecular flexibility index (Phi) is 4.37. The Balaban J connectivity index is 1.68. The van der Waals surface area contributed by atoms with Gasteiger partial charge in [-0.2, -0.15) is 0 Å². The Hall–Kier alpha value is -1.92. The molecule has 3 rings (SSSR count). The molecule has 2 heterocycles. The molecule has 0 bridgehead atoms. The van der Waals surface area contributed by atoms with Crippen LogP contribution in [0.25, 0.3) is 0 Å². The van der Waals surface area contributed by atoms with E-state index in [4.69, 9.17) is 4.74 Å². The number of hydrogen-bond donors (Lipinski definition) is 0. The summed E-state index contributed by atoms with van der Waals surface area (Å²) in [6.45, 7) is 2.04. The predicted molar refractivity (Wildman–Crippen MR) is 86.0 cm³/mol. The normalized spacial score (nSPS) is 24.3. The molecule has 6 heteroatoms. The first-order valence-corrected chi connectivity index (χ1v) is 7.86. The molecule has 0 unspecified atom stereocenters. The molecule has 0 aromatic heterocycles. The quantitative estimate of drug-likeness (QED) is 0.811. The van der Waals surface area contributed by atoms with Gasteiger partial charge in [0.05, 0.1) is 12.1 Å². The number of likely N-dealkylation sites (tertiary alicyclic amines) is 1. The zero-order valence-corrected chi connectivity index (χ0v) is 13.9. The molecule has 2 fully saturated rings. The molecule has 0 spiro atoms. The fraction of sp³-hybridized carbons (Fsp3) is 0.529. The van der Waals surface area contributed by atoms with Crippen molar-refractivity contribution in [1.82, 2.24) is 14.7 Å². The number of hydrogen-bond acceptors (Lipinski definition) is 4. The highest BCUT2D eigenvalue weighted by molar-refractivity contribution is 5.94. The number of amides is 2. The third-order valence-electron chi connectivity index (χ3n) is 4.54. The molecular formula is C17H23N3O3. The van der Waals surface area contributed by atoms with E-state index in [-0.39, 0.29) is 30.6 Å². The predicted octanol–water partition coefficient (Wildman–Crippen LogP) is 0.430. The first-order chi connectivity index (χ1) is 11.0. The van der Waals surface area contributed by atoms with E-state index in [1.165, 1.54) is 5.56 Å². The van der Waals surface area contributed by atoms with Crippen LogP contribution in [0.1, 0.15) is 15.9 Å². The molecule has 2 aliphatic rings. The number of likely N-dealkylation sites (N-methyl/N-ethyl adjacent to an activating group) is 1. The summed E-state index contributed by atoms with van der Waals surface area (Å²) in [5.74, 6) is -0.0196. The Morgan fingerprint density at radius 3 is 2.61 bits per heavy atom. The van der Waals surface area contributed by atoms with Gasteiger partial charge in [0.2, 0.25) is 5.91 Å². The van der Waals surface area contributed by atoms with Crippen molar-refractivity contribution < 1.29 is 14.3 Å². The average Bonchev–Trinajstić information content (AvgIpc) is 2.95. The van der Waals surface area contributed by atoms with Gasteiger partial charge in [-0.1, -0.05) is 12.1 Å². The van der Waals surface area contributed by atoms with E-state index in [0.717, 1.165) is 6.54 Å². The maximum absolute atomic E-state index is 12.7.